The van der Waals surface area contributed by atoms with Crippen LogP contribution in [-0.2, 0) is 6.54 Å². The van der Waals surface area contributed by atoms with Crippen molar-refractivity contribution >= 4 is 28.7 Å². The fourth-order valence-electron chi connectivity index (χ4n) is 2.76. The summed E-state index contributed by atoms with van der Waals surface area (Å²) >= 11 is 1.50. The van der Waals surface area contributed by atoms with Gasteiger partial charge in [-0.1, -0.05) is 42.5 Å². The van der Waals surface area contributed by atoms with Crippen LogP contribution in [0, 0.1) is 18.3 Å². The SMILES string of the molecule is CCN(Cc1ccccc1)c1ccc(/C=C(\C#N)c2nc(C)cs2)cc1. The molecule has 0 bridgehead atoms. The molecular weight excluding hydrogens is 338 g/mol. The molecule has 0 aliphatic rings. The van der Waals surface area contributed by atoms with Crippen molar-refractivity contribution in [2.45, 2.75) is 20.4 Å². The van der Waals surface area contributed by atoms with E-state index < -0.39 is 0 Å². The van der Waals surface area contributed by atoms with Crippen molar-refractivity contribution in [3.63, 3.8) is 0 Å². The van der Waals surface area contributed by atoms with Crippen LogP contribution in [-0.4, -0.2) is 11.5 Å². The van der Waals surface area contributed by atoms with Gasteiger partial charge in [0.1, 0.15) is 11.1 Å². The molecular formula is C22H21N3S. The van der Waals surface area contributed by atoms with Crippen LogP contribution < -0.4 is 4.90 Å². The number of aromatic nitrogens is 1. The van der Waals surface area contributed by atoms with Crippen molar-refractivity contribution in [3.8, 4) is 6.07 Å². The van der Waals surface area contributed by atoms with Crippen molar-refractivity contribution in [1.29, 1.82) is 5.26 Å². The van der Waals surface area contributed by atoms with E-state index in [-0.39, 0.29) is 0 Å². The quantitative estimate of drug-likeness (QED) is 0.542. The average Bonchev–Trinajstić information content (AvgIpc) is 3.12. The highest BCUT2D eigenvalue weighted by atomic mass is 32.1. The zero-order chi connectivity index (χ0) is 18.4. The number of benzene rings is 2. The van der Waals surface area contributed by atoms with E-state index in [1.165, 1.54) is 22.6 Å². The van der Waals surface area contributed by atoms with Crippen LogP contribution in [0.4, 0.5) is 5.69 Å². The van der Waals surface area contributed by atoms with Gasteiger partial charge in [0.2, 0.25) is 0 Å². The lowest BCUT2D eigenvalue weighted by Gasteiger charge is -2.23. The molecule has 2 aromatic carbocycles. The van der Waals surface area contributed by atoms with Gasteiger partial charge in [0.15, 0.2) is 0 Å². The zero-order valence-corrected chi connectivity index (χ0v) is 15.8. The molecule has 1 aromatic heterocycles. The fraction of sp³-hybridized carbons (Fsp3) is 0.182. The molecule has 0 fully saturated rings. The monoisotopic (exact) mass is 359 g/mol. The molecule has 0 unspecified atom stereocenters. The van der Waals surface area contributed by atoms with Crippen LogP contribution in [0.2, 0.25) is 0 Å². The van der Waals surface area contributed by atoms with E-state index in [9.17, 15) is 5.26 Å². The molecule has 0 radical (unpaired) electrons. The van der Waals surface area contributed by atoms with Crippen LogP contribution >= 0.6 is 11.3 Å². The summed E-state index contributed by atoms with van der Waals surface area (Å²) in [6, 6.07) is 21.1. The third-order valence-corrected chi connectivity index (χ3v) is 5.13. The lowest BCUT2D eigenvalue weighted by Crippen LogP contribution is -2.21. The Morgan fingerprint density at radius 3 is 2.46 bits per heavy atom. The molecule has 3 nitrogen and oxygen atoms in total. The topological polar surface area (TPSA) is 39.9 Å². The van der Waals surface area contributed by atoms with E-state index in [2.05, 4.69) is 71.4 Å². The number of nitrogens with zero attached hydrogens (tertiary/aromatic N) is 3. The molecule has 4 heteroatoms. The zero-order valence-electron chi connectivity index (χ0n) is 15.0. The van der Waals surface area contributed by atoms with Crippen LogP contribution in [0.25, 0.3) is 11.6 Å². The van der Waals surface area contributed by atoms with Gasteiger partial charge in [-0.15, -0.1) is 11.3 Å². The minimum Gasteiger partial charge on any atom is -0.367 e. The van der Waals surface area contributed by atoms with Gasteiger partial charge in [-0.2, -0.15) is 5.26 Å². The van der Waals surface area contributed by atoms with Crippen LogP contribution in [0.15, 0.2) is 60.0 Å². The Bertz CT molecular complexity index is 918. The van der Waals surface area contributed by atoms with Gasteiger partial charge in [-0.05, 0) is 43.2 Å². The molecule has 0 saturated heterocycles. The summed E-state index contributed by atoms with van der Waals surface area (Å²) in [5, 5.41) is 12.2. The molecule has 0 aliphatic heterocycles. The molecule has 0 saturated carbocycles. The van der Waals surface area contributed by atoms with Crippen LogP contribution in [0.3, 0.4) is 0 Å². The Morgan fingerprint density at radius 2 is 1.88 bits per heavy atom. The largest absolute Gasteiger partial charge is 0.367 e. The van der Waals surface area contributed by atoms with Crippen molar-refractivity contribution < 1.29 is 0 Å². The fourth-order valence-corrected chi connectivity index (χ4v) is 3.52. The summed E-state index contributed by atoms with van der Waals surface area (Å²) in [6.45, 7) is 5.92. The maximum absolute atomic E-state index is 9.44. The number of aryl methyl sites for hydroxylation is 1. The second-order valence-electron chi connectivity index (χ2n) is 6.06. The predicted octanol–water partition coefficient (Wildman–Crippen LogP) is 5.54. The second-order valence-corrected chi connectivity index (χ2v) is 6.91. The molecule has 0 amide bonds. The molecule has 130 valence electrons. The Hall–Kier alpha value is -2.90. The molecule has 1 heterocycles. The summed E-state index contributed by atoms with van der Waals surface area (Å²) in [5.74, 6) is 0. The maximum Gasteiger partial charge on any atom is 0.134 e. The Kier molecular flexibility index (Phi) is 5.83. The average molecular weight is 359 g/mol. The number of rotatable bonds is 6. The smallest absolute Gasteiger partial charge is 0.134 e. The van der Waals surface area contributed by atoms with Crippen molar-refractivity contribution in [3.05, 3.63) is 81.8 Å². The van der Waals surface area contributed by atoms with Gasteiger partial charge in [-0.25, -0.2) is 4.98 Å². The lowest BCUT2D eigenvalue weighted by atomic mass is 10.1. The summed E-state index contributed by atoms with van der Waals surface area (Å²) in [6.07, 6.45) is 1.90. The Balaban J connectivity index is 1.79. The summed E-state index contributed by atoms with van der Waals surface area (Å²) < 4.78 is 0. The summed E-state index contributed by atoms with van der Waals surface area (Å²) in [4.78, 5) is 6.73. The van der Waals surface area contributed by atoms with Crippen molar-refractivity contribution in [1.82, 2.24) is 4.98 Å². The minimum absolute atomic E-state index is 0.604. The predicted molar refractivity (Wildman–Crippen MR) is 110 cm³/mol. The minimum atomic E-state index is 0.604. The highest BCUT2D eigenvalue weighted by Crippen LogP contribution is 2.23. The molecule has 3 rings (SSSR count). The first-order chi connectivity index (χ1) is 12.7. The first-order valence-electron chi connectivity index (χ1n) is 8.63. The standard InChI is InChI=1S/C22H21N3S/c1-3-25(15-19-7-5-4-6-8-19)21-11-9-18(10-12-21)13-20(14-23)22-24-17(2)16-26-22/h4-13,16H,3,15H2,1-2H3/b20-13+. The normalized spacial score (nSPS) is 11.2. The number of anilines is 1. The van der Waals surface area contributed by atoms with Gasteiger partial charge in [0, 0.05) is 29.9 Å². The van der Waals surface area contributed by atoms with E-state index in [4.69, 9.17) is 0 Å². The number of hydrogen-bond acceptors (Lipinski definition) is 4. The second kappa shape index (κ2) is 8.46. The van der Waals surface area contributed by atoms with Crippen LogP contribution in [0.5, 0.6) is 0 Å². The maximum atomic E-state index is 9.44. The first kappa shape index (κ1) is 17.9. The summed E-state index contributed by atoms with van der Waals surface area (Å²) in [7, 11) is 0. The highest BCUT2D eigenvalue weighted by Gasteiger charge is 2.07. The molecule has 0 atom stereocenters. The first-order valence-corrected chi connectivity index (χ1v) is 9.51. The number of allylic oxidation sites excluding steroid dienone is 1. The van der Waals surface area contributed by atoms with E-state index in [0.29, 0.717) is 5.57 Å². The molecule has 0 N–H and O–H groups in total. The highest BCUT2D eigenvalue weighted by molar-refractivity contribution is 7.11. The third-order valence-electron chi connectivity index (χ3n) is 4.14. The van der Waals surface area contributed by atoms with Crippen LogP contribution in [0.1, 0.15) is 28.8 Å². The van der Waals surface area contributed by atoms with Gasteiger partial charge < -0.3 is 4.90 Å². The molecule has 0 aliphatic carbocycles. The van der Waals surface area contributed by atoms with E-state index in [0.717, 1.165) is 29.4 Å². The van der Waals surface area contributed by atoms with Gasteiger partial charge in [0.25, 0.3) is 0 Å². The van der Waals surface area contributed by atoms with E-state index in [1.807, 2.05) is 24.4 Å². The number of nitriles is 1. The van der Waals surface area contributed by atoms with E-state index >= 15 is 0 Å². The van der Waals surface area contributed by atoms with E-state index in [1.54, 1.807) is 0 Å². The van der Waals surface area contributed by atoms with Crippen molar-refractivity contribution in [2.24, 2.45) is 0 Å². The number of thiazole rings is 1. The molecule has 3 aromatic rings. The summed E-state index contributed by atoms with van der Waals surface area (Å²) in [5.41, 5.74) is 5.03. The Morgan fingerprint density at radius 1 is 1.15 bits per heavy atom. The third kappa shape index (κ3) is 4.38. The van der Waals surface area contributed by atoms with Gasteiger partial charge in [-0.3, -0.25) is 0 Å². The molecule has 26 heavy (non-hydrogen) atoms. The lowest BCUT2D eigenvalue weighted by molar-refractivity contribution is 0.832. The van der Waals surface area contributed by atoms with Crippen molar-refractivity contribution in [2.75, 3.05) is 11.4 Å². The molecule has 0 spiro atoms. The number of hydrogen-bond donors (Lipinski definition) is 0. The van der Waals surface area contributed by atoms with Gasteiger partial charge in [0.05, 0.1) is 5.57 Å². The Labute approximate surface area is 158 Å². The van der Waals surface area contributed by atoms with Gasteiger partial charge >= 0.3 is 0 Å².